The number of methoxy groups -OCH3 is 1. The number of aromatic nitrogens is 1. The number of ketones is 1. The Bertz CT molecular complexity index is 1690. The fraction of sp³-hybridized carbons (Fsp3) is 0.172. The first-order valence-electron chi connectivity index (χ1n) is 12.1. The number of nitrogens with zero attached hydrogens (tertiary/aromatic N) is 2. The van der Waals surface area contributed by atoms with E-state index >= 15 is 0 Å². The second-order valence-corrected chi connectivity index (χ2v) is 10.1. The fourth-order valence-corrected chi connectivity index (χ4v) is 5.82. The molecule has 2 aliphatic heterocycles. The van der Waals surface area contributed by atoms with E-state index in [4.69, 9.17) is 14.2 Å². The lowest BCUT2D eigenvalue weighted by Gasteiger charge is -2.23. The number of thiazole rings is 1. The summed E-state index contributed by atoms with van der Waals surface area (Å²) in [5, 5.41) is 11.8. The summed E-state index contributed by atoms with van der Waals surface area (Å²) in [6, 6.07) is 15.9. The second-order valence-electron chi connectivity index (χ2n) is 9.11. The van der Waals surface area contributed by atoms with Gasteiger partial charge in [-0.1, -0.05) is 29.5 Å². The van der Waals surface area contributed by atoms with E-state index in [1.807, 2.05) is 25.1 Å². The van der Waals surface area contributed by atoms with Crippen LogP contribution in [0.2, 0.25) is 0 Å². The SMILES string of the molecule is COC(=O)c1ccc(C2/C(=C(\O)c3ccc4c(c3)OCCO4)C(=O)C(=O)N2c2nc3ccc(C)cc3s2)cc1. The molecule has 3 aromatic carbocycles. The number of Topliss-reactive ketones (excluding diaryl/α,β-unsaturated/α-hetero) is 1. The molecule has 0 spiro atoms. The highest BCUT2D eigenvalue weighted by molar-refractivity contribution is 7.22. The van der Waals surface area contributed by atoms with E-state index in [9.17, 15) is 19.5 Å². The number of aryl methyl sites for hydroxylation is 1. The van der Waals surface area contributed by atoms with Gasteiger partial charge in [0, 0.05) is 5.56 Å². The Hall–Kier alpha value is -4.70. The van der Waals surface area contributed by atoms with Crippen LogP contribution >= 0.6 is 11.3 Å². The van der Waals surface area contributed by atoms with E-state index in [0.717, 1.165) is 10.3 Å². The predicted octanol–water partition coefficient (Wildman–Crippen LogP) is 4.79. The van der Waals surface area contributed by atoms with Crippen LogP contribution in [-0.4, -0.2) is 48.1 Å². The van der Waals surface area contributed by atoms with E-state index in [0.29, 0.717) is 52.1 Å². The molecule has 4 aromatic rings. The third-order valence-electron chi connectivity index (χ3n) is 6.65. The van der Waals surface area contributed by atoms with Gasteiger partial charge in [-0.05, 0) is 60.5 Å². The normalized spacial score (nSPS) is 18.0. The van der Waals surface area contributed by atoms with Crippen molar-refractivity contribution in [2.24, 2.45) is 0 Å². The number of rotatable bonds is 4. The third-order valence-corrected chi connectivity index (χ3v) is 7.66. The molecule has 1 amide bonds. The lowest BCUT2D eigenvalue weighted by Crippen LogP contribution is -2.29. The van der Waals surface area contributed by atoms with Crippen LogP contribution < -0.4 is 14.4 Å². The molecular formula is C29H22N2O7S. The summed E-state index contributed by atoms with van der Waals surface area (Å²) in [4.78, 5) is 45.0. The zero-order chi connectivity index (χ0) is 27.3. The number of carbonyl (C=O) groups is 3. The average molecular weight is 543 g/mol. The summed E-state index contributed by atoms with van der Waals surface area (Å²) >= 11 is 1.28. The van der Waals surface area contributed by atoms with Crippen LogP contribution in [0.1, 0.15) is 33.1 Å². The number of amides is 1. The molecular weight excluding hydrogens is 520 g/mol. The molecule has 1 unspecified atom stereocenters. The average Bonchev–Trinajstić information content (AvgIpc) is 3.49. The van der Waals surface area contributed by atoms with Crippen molar-refractivity contribution >= 4 is 50.1 Å². The number of hydrogen-bond donors (Lipinski definition) is 1. The van der Waals surface area contributed by atoms with Crippen LogP contribution in [0, 0.1) is 6.92 Å². The Morgan fingerprint density at radius 3 is 2.46 bits per heavy atom. The van der Waals surface area contributed by atoms with Gasteiger partial charge in [-0.25, -0.2) is 9.78 Å². The number of hydrogen-bond acceptors (Lipinski definition) is 9. The number of benzene rings is 3. The van der Waals surface area contributed by atoms with Gasteiger partial charge in [0.1, 0.15) is 19.0 Å². The topological polar surface area (TPSA) is 115 Å². The zero-order valence-electron chi connectivity index (χ0n) is 21.0. The third kappa shape index (κ3) is 4.18. The molecule has 10 heteroatoms. The van der Waals surface area contributed by atoms with Crippen LogP contribution in [0.4, 0.5) is 5.13 Å². The number of carbonyl (C=O) groups excluding carboxylic acids is 3. The summed E-state index contributed by atoms with van der Waals surface area (Å²) in [5.74, 6) is -1.58. The number of fused-ring (bicyclic) bond motifs is 2. The molecule has 6 rings (SSSR count). The van der Waals surface area contributed by atoms with Crippen molar-refractivity contribution in [2.75, 3.05) is 25.2 Å². The van der Waals surface area contributed by atoms with Crippen LogP contribution in [-0.2, 0) is 14.3 Å². The Morgan fingerprint density at radius 1 is 1.00 bits per heavy atom. The van der Waals surface area contributed by atoms with Gasteiger partial charge in [-0.3, -0.25) is 14.5 Å². The molecule has 0 saturated carbocycles. The monoisotopic (exact) mass is 542 g/mol. The lowest BCUT2D eigenvalue weighted by atomic mass is 9.94. The molecule has 39 heavy (non-hydrogen) atoms. The van der Waals surface area contributed by atoms with Gasteiger partial charge in [-0.2, -0.15) is 0 Å². The zero-order valence-corrected chi connectivity index (χ0v) is 21.8. The van der Waals surface area contributed by atoms with Crippen molar-refractivity contribution in [1.82, 2.24) is 4.98 Å². The first-order valence-corrected chi connectivity index (χ1v) is 12.9. The molecule has 1 atom stereocenters. The minimum atomic E-state index is -0.994. The maximum atomic E-state index is 13.5. The Labute approximate surface area is 226 Å². The Kier molecular flexibility index (Phi) is 6.03. The highest BCUT2D eigenvalue weighted by atomic mass is 32.1. The van der Waals surface area contributed by atoms with Crippen molar-refractivity contribution in [3.05, 3.63) is 88.5 Å². The number of aliphatic hydroxyl groups is 1. The molecule has 1 N–H and O–H groups in total. The fourth-order valence-electron chi connectivity index (χ4n) is 4.73. The predicted molar refractivity (Wildman–Crippen MR) is 144 cm³/mol. The highest BCUT2D eigenvalue weighted by Crippen LogP contribution is 2.45. The molecule has 1 fully saturated rings. The lowest BCUT2D eigenvalue weighted by molar-refractivity contribution is -0.132. The van der Waals surface area contributed by atoms with Crippen LogP contribution in [0.3, 0.4) is 0 Å². The Morgan fingerprint density at radius 2 is 1.72 bits per heavy atom. The van der Waals surface area contributed by atoms with Crippen molar-refractivity contribution in [2.45, 2.75) is 13.0 Å². The minimum Gasteiger partial charge on any atom is -0.507 e. The quantitative estimate of drug-likeness (QED) is 0.169. The van der Waals surface area contributed by atoms with Crippen molar-refractivity contribution in [3.8, 4) is 11.5 Å². The van der Waals surface area contributed by atoms with Crippen molar-refractivity contribution < 1.29 is 33.7 Å². The van der Waals surface area contributed by atoms with Gasteiger partial charge in [0.15, 0.2) is 16.6 Å². The van der Waals surface area contributed by atoms with Crippen molar-refractivity contribution in [1.29, 1.82) is 0 Å². The van der Waals surface area contributed by atoms with Gasteiger partial charge < -0.3 is 19.3 Å². The summed E-state index contributed by atoms with van der Waals surface area (Å²) in [6.45, 7) is 2.72. The first-order chi connectivity index (χ1) is 18.9. The van der Waals surface area contributed by atoms with Gasteiger partial charge in [0.25, 0.3) is 5.78 Å². The first kappa shape index (κ1) is 24.6. The minimum absolute atomic E-state index is 0.0991. The largest absolute Gasteiger partial charge is 0.507 e. The molecule has 0 radical (unpaired) electrons. The maximum absolute atomic E-state index is 13.5. The van der Waals surface area contributed by atoms with Gasteiger partial charge in [0.2, 0.25) is 0 Å². The molecule has 1 aromatic heterocycles. The maximum Gasteiger partial charge on any atom is 0.337 e. The van der Waals surface area contributed by atoms with E-state index in [2.05, 4.69) is 4.98 Å². The molecule has 0 aliphatic carbocycles. The van der Waals surface area contributed by atoms with E-state index in [1.54, 1.807) is 42.5 Å². The van der Waals surface area contributed by atoms with E-state index in [-0.39, 0.29) is 11.3 Å². The summed E-state index contributed by atoms with van der Waals surface area (Å²) in [6.07, 6.45) is 0. The number of anilines is 1. The smallest absolute Gasteiger partial charge is 0.337 e. The van der Waals surface area contributed by atoms with E-state index in [1.165, 1.54) is 23.3 Å². The standard InChI is InChI=1S/C29H22N2O7S/c1-15-3-9-19-22(13-15)39-29(30-19)31-24(16-4-6-17(7-5-16)28(35)36-2)23(26(33)27(31)34)25(32)18-8-10-20-21(14-18)38-12-11-37-20/h3-10,13-14,24,32H,11-12H2,1-2H3/b25-23+. The van der Waals surface area contributed by atoms with Crippen LogP contribution in [0.5, 0.6) is 11.5 Å². The second kappa shape index (κ2) is 9.55. The summed E-state index contributed by atoms with van der Waals surface area (Å²) < 4.78 is 16.9. The molecule has 9 nitrogen and oxygen atoms in total. The number of esters is 1. The highest BCUT2D eigenvalue weighted by Gasteiger charge is 2.48. The van der Waals surface area contributed by atoms with Gasteiger partial charge in [0.05, 0.1) is 34.5 Å². The molecule has 0 bridgehead atoms. The van der Waals surface area contributed by atoms with Crippen LogP contribution in [0.25, 0.3) is 16.0 Å². The van der Waals surface area contributed by atoms with Gasteiger partial charge >= 0.3 is 11.9 Å². The van der Waals surface area contributed by atoms with Gasteiger partial charge in [-0.15, -0.1) is 0 Å². The van der Waals surface area contributed by atoms with Crippen LogP contribution in [0.15, 0.2) is 66.2 Å². The molecule has 2 aliphatic rings. The van der Waals surface area contributed by atoms with E-state index < -0.39 is 23.7 Å². The summed E-state index contributed by atoms with van der Waals surface area (Å²) in [5.41, 5.74) is 2.74. The summed E-state index contributed by atoms with van der Waals surface area (Å²) in [7, 11) is 1.29. The van der Waals surface area contributed by atoms with Crippen molar-refractivity contribution in [3.63, 3.8) is 0 Å². The number of ether oxygens (including phenoxy) is 3. The molecule has 3 heterocycles. The number of aliphatic hydroxyl groups excluding tert-OH is 1. The molecule has 1 saturated heterocycles. The Balaban J connectivity index is 1.52. The molecule has 196 valence electrons.